The minimum absolute atomic E-state index is 0.00881. The van der Waals surface area contributed by atoms with Gasteiger partial charge < -0.3 is 10.1 Å². The molecule has 1 heterocycles. The monoisotopic (exact) mass is 450 g/mol. The highest BCUT2D eigenvalue weighted by atomic mass is 32.2. The molecule has 2 atom stereocenters. The molecule has 0 aromatic heterocycles. The van der Waals surface area contributed by atoms with Crippen molar-refractivity contribution in [3.05, 3.63) is 58.6 Å². The molecule has 160 valence electrons. The van der Waals surface area contributed by atoms with E-state index in [9.17, 15) is 19.6 Å². The van der Waals surface area contributed by atoms with Gasteiger partial charge in [0.05, 0.1) is 24.2 Å². The molecule has 8 nitrogen and oxygen atoms in total. The lowest BCUT2D eigenvalue weighted by atomic mass is 10.2. The Balaban J connectivity index is 1.73. The van der Waals surface area contributed by atoms with Crippen LogP contribution in [0.1, 0.15) is 6.42 Å². The van der Waals surface area contributed by atoms with E-state index in [1.807, 2.05) is 30.3 Å². The van der Waals surface area contributed by atoms with Gasteiger partial charge in [-0.15, -0.1) is 11.8 Å². The molecule has 1 saturated heterocycles. The highest BCUT2D eigenvalue weighted by molar-refractivity contribution is 7.99. The zero-order valence-electron chi connectivity index (χ0n) is 16.5. The van der Waals surface area contributed by atoms with Crippen LogP contribution < -0.4 is 10.6 Å². The van der Waals surface area contributed by atoms with Crippen molar-refractivity contribution >= 4 is 36.5 Å². The first-order valence-electron chi connectivity index (χ1n) is 9.72. The Morgan fingerprint density at radius 3 is 2.63 bits per heavy atom. The van der Waals surface area contributed by atoms with Crippen LogP contribution in [0.5, 0.6) is 0 Å². The number of benzene rings is 2. The third-order valence-electron chi connectivity index (χ3n) is 4.85. The second kappa shape index (κ2) is 11.4. The lowest BCUT2D eigenvalue weighted by molar-refractivity contribution is -0.383. The van der Waals surface area contributed by atoms with Gasteiger partial charge in [0.1, 0.15) is 5.69 Å². The van der Waals surface area contributed by atoms with E-state index < -0.39 is 13.0 Å². The predicted molar refractivity (Wildman–Crippen MR) is 119 cm³/mol. The van der Waals surface area contributed by atoms with Crippen LogP contribution in [0.4, 0.5) is 11.4 Å². The third kappa shape index (κ3) is 6.75. The smallest absolute Gasteiger partial charge is 0.379 e. The first kappa shape index (κ1) is 22.7. The number of morpholine rings is 1. The van der Waals surface area contributed by atoms with Crippen LogP contribution in [0.15, 0.2) is 53.4 Å². The number of ether oxygens (including phenoxy) is 1. The maximum atomic E-state index is 11.5. The van der Waals surface area contributed by atoms with E-state index in [-0.39, 0.29) is 17.0 Å². The van der Waals surface area contributed by atoms with Crippen molar-refractivity contribution in [1.82, 2.24) is 4.90 Å². The van der Waals surface area contributed by atoms with Crippen molar-refractivity contribution in [1.29, 1.82) is 0 Å². The molecular formula is C20H25N3O5PS+. The molecule has 1 fully saturated rings. The predicted octanol–water partition coefficient (Wildman–Crippen LogP) is 3.25. The molecule has 0 bridgehead atoms. The molecule has 2 unspecified atom stereocenters. The molecule has 1 aliphatic rings. The topological polar surface area (TPSA) is 105 Å². The summed E-state index contributed by atoms with van der Waals surface area (Å²) in [5.74, 6) is 0.738. The van der Waals surface area contributed by atoms with Crippen LogP contribution >= 0.6 is 19.8 Å². The summed E-state index contributed by atoms with van der Waals surface area (Å²) in [6.07, 6.45) is 0.813. The highest BCUT2D eigenvalue weighted by Crippen LogP contribution is 2.29. The van der Waals surface area contributed by atoms with Crippen molar-refractivity contribution < 1.29 is 19.1 Å². The Hall–Kier alpha value is -2.03. The second-order valence-corrected chi connectivity index (χ2v) is 9.10. The largest absolute Gasteiger partial charge is 0.546 e. The Kier molecular flexibility index (Phi) is 8.60. The summed E-state index contributed by atoms with van der Waals surface area (Å²) in [5.41, 5.74) is 0.173. The lowest BCUT2D eigenvalue weighted by Gasteiger charge is -2.29. The van der Waals surface area contributed by atoms with E-state index >= 15 is 0 Å². The average molecular weight is 450 g/mol. The van der Waals surface area contributed by atoms with Crippen molar-refractivity contribution in [2.45, 2.75) is 17.4 Å². The molecule has 2 N–H and O–H groups in total. The summed E-state index contributed by atoms with van der Waals surface area (Å²) in [5, 5.41) is 14.9. The number of nitrogens with zero attached hydrogens (tertiary/aromatic N) is 2. The zero-order valence-corrected chi connectivity index (χ0v) is 18.2. The molecular weight excluding hydrogens is 425 g/mol. The van der Waals surface area contributed by atoms with Gasteiger partial charge in [-0.3, -0.25) is 15.0 Å². The van der Waals surface area contributed by atoms with Gasteiger partial charge in [0.25, 0.3) is 5.69 Å². The summed E-state index contributed by atoms with van der Waals surface area (Å²) in [6.45, 7) is 4.09. The molecule has 0 saturated carbocycles. The molecule has 2 aromatic carbocycles. The minimum atomic E-state index is -2.63. The van der Waals surface area contributed by atoms with Crippen molar-refractivity contribution in [2.24, 2.45) is 0 Å². The fourth-order valence-corrected chi connectivity index (χ4v) is 4.63. The molecule has 1 aliphatic heterocycles. The Morgan fingerprint density at radius 2 is 1.97 bits per heavy atom. The lowest BCUT2D eigenvalue weighted by Crippen LogP contribution is -2.39. The number of anilines is 1. The van der Waals surface area contributed by atoms with Gasteiger partial charge in [0.15, 0.2) is 0 Å². The van der Waals surface area contributed by atoms with Crippen LogP contribution in [0, 0.1) is 10.1 Å². The van der Waals surface area contributed by atoms with Crippen LogP contribution in [-0.2, 0) is 9.30 Å². The van der Waals surface area contributed by atoms with E-state index in [0.29, 0.717) is 5.69 Å². The van der Waals surface area contributed by atoms with Crippen molar-refractivity contribution in [3.8, 4) is 0 Å². The van der Waals surface area contributed by atoms with Crippen molar-refractivity contribution in [2.75, 3.05) is 43.9 Å². The fraction of sp³-hybridized carbons (Fsp3) is 0.400. The van der Waals surface area contributed by atoms with Crippen LogP contribution in [0.25, 0.3) is 0 Å². The van der Waals surface area contributed by atoms with E-state index in [1.54, 1.807) is 11.8 Å². The summed E-state index contributed by atoms with van der Waals surface area (Å²) in [7, 11) is -2.63. The molecule has 0 spiro atoms. The molecule has 30 heavy (non-hydrogen) atoms. The summed E-state index contributed by atoms with van der Waals surface area (Å²) >= 11 is 1.69. The van der Waals surface area contributed by atoms with Gasteiger partial charge in [0, 0.05) is 36.3 Å². The first-order chi connectivity index (χ1) is 14.5. The maximum Gasteiger partial charge on any atom is 0.546 e. The van der Waals surface area contributed by atoms with Crippen LogP contribution in [0.3, 0.4) is 0 Å². The Morgan fingerprint density at radius 1 is 1.23 bits per heavy atom. The zero-order chi connectivity index (χ0) is 21.3. The molecule has 2 aromatic rings. The number of hydrogen-bond acceptors (Lipinski definition) is 7. The molecule has 0 radical (unpaired) electrons. The van der Waals surface area contributed by atoms with Gasteiger partial charge in [0.2, 0.25) is 5.30 Å². The van der Waals surface area contributed by atoms with Gasteiger partial charge in [-0.25, -0.2) is 0 Å². The number of thioether (sulfide) groups is 1. The Labute approximate surface area is 180 Å². The normalized spacial score (nSPS) is 16.1. The summed E-state index contributed by atoms with van der Waals surface area (Å²) in [4.78, 5) is 23.8. The third-order valence-corrected chi connectivity index (χ3v) is 6.74. The number of nitrogens with one attached hydrogen (secondary N) is 1. The van der Waals surface area contributed by atoms with Crippen molar-refractivity contribution in [3.63, 3.8) is 0 Å². The van der Waals surface area contributed by atoms with Gasteiger partial charge >= 0.3 is 8.03 Å². The first-order valence-corrected chi connectivity index (χ1v) is 11.9. The number of nitro groups is 1. The van der Waals surface area contributed by atoms with E-state index in [1.165, 1.54) is 18.2 Å². The minimum Gasteiger partial charge on any atom is -0.379 e. The van der Waals surface area contributed by atoms with E-state index in [4.69, 9.17) is 4.74 Å². The SMILES string of the molecule is O=[N+]([O-])c1cc([P+](=O)O)ccc1NC(CCN1CCOCC1)CSc1ccccc1. The number of hydrogen-bond donors (Lipinski definition) is 2. The number of nitro benzene ring substituents is 1. The second-order valence-electron chi connectivity index (χ2n) is 6.94. The molecule has 0 aliphatic carbocycles. The Bertz CT molecular complexity index is 865. The fourth-order valence-electron chi connectivity index (χ4n) is 3.21. The van der Waals surface area contributed by atoms with Crippen LogP contribution in [0.2, 0.25) is 0 Å². The molecule has 0 amide bonds. The summed E-state index contributed by atoms with van der Waals surface area (Å²) < 4.78 is 16.7. The maximum absolute atomic E-state index is 11.5. The van der Waals surface area contributed by atoms with E-state index in [0.717, 1.165) is 49.9 Å². The van der Waals surface area contributed by atoms with Gasteiger partial charge in [-0.2, -0.15) is 4.89 Å². The van der Waals surface area contributed by atoms with Crippen LogP contribution in [-0.4, -0.2) is 59.4 Å². The van der Waals surface area contributed by atoms with Gasteiger partial charge in [-0.1, -0.05) is 18.2 Å². The average Bonchev–Trinajstić information content (AvgIpc) is 2.77. The summed E-state index contributed by atoms with van der Waals surface area (Å²) in [6, 6.07) is 14.2. The molecule has 3 rings (SSSR count). The standard InChI is InChI=1S/C20H24N3O5PS/c24-23(25)20-14-17(29(26)27)6-7-19(20)21-16(8-9-22-10-12-28-13-11-22)15-30-18-4-2-1-3-5-18/h1-7,14,16,21H,8-13,15H2/p+1. The highest BCUT2D eigenvalue weighted by Gasteiger charge is 2.25. The quantitative estimate of drug-likeness (QED) is 0.246. The molecule has 10 heteroatoms. The van der Waals surface area contributed by atoms with Gasteiger partial charge in [-0.05, 0) is 35.3 Å². The van der Waals surface area contributed by atoms with E-state index in [2.05, 4.69) is 10.2 Å². The number of rotatable bonds is 10.